The van der Waals surface area contributed by atoms with Crippen molar-refractivity contribution in [2.45, 2.75) is 51.4 Å². The topological polar surface area (TPSA) is 105 Å². The first-order valence-corrected chi connectivity index (χ1v) is 8.68. The Balaban J connectivity index is 1.57. The molecule has 1 amide bonds. The van der Waals surface area contributed by atoms with E-state index < -0.39 is 0 Å². The van der Waals surface area contributed by atoms with Crippen molar-refractivity contribution in [3.63, 3.8) is 0 Å². The highest BCUT2D eigenvalue weighted by molar-refractivity contribution is 5.76. The summed E-state index contributed by atoms with van der Waals surface area (Å²) >= 11 is 0. The lowest BCUT2D eigenvalue weighted by molar-refractivity contribution is -0.132. The Hall–Kier alpha value is -2.51. The first-order chi connectivity index (χ1) is 12.0. The van der Waals surface area contributed by atoms with E-state index in [0.29, 0.717) is 31.2 Å². The van der Waals surface area contributed by atoms with Crippen LogP contribution in [0.1, 0.15) is 62.4 Å². The molecule has 1 unspecified atom stereocenters. The minimum Gasteiger partial charge on any atom is -0.425 e. The van der Waals surface area contributed by atoms with Gasteiger partial charge in [0, 0.05) is 49.7 Å². The molecule has 2 aromatic rings. The van der Waals surface area contributed by atoms with Gasteiger partial charge in [-0.3, -0.25) is 4.79 Å². The number of hydrogen-bond acceptors (Lipinski definition) is 6. The lowest BCUT2D eigenvalue weighted by Crippen LogP contribution is -2.39. The summed E-state index contributed by atoms with van der Waals surface area (Å²) < 4.78 is 5.55. The Morgan fingerprint density at radius 3 is 3.00 bits per heavy atom. The zero-order chi connectivity index (χ0) is 17.8. The van der Waals surface area contributed by atoms with Gasteiger partial charge in [0.2, 0.25) is 17.7 Å². The van der Waals surface area contributed by atoms with E-state index in [4.69, 9.17) is 4.42 Å². The number of aromatic nitrogens is 4. The first kappa shape index (κ1) is 17.3. The maximum atomic E-state index is 12.5. The van der Waals surface area contributed by atoms with Crippen LogP contribution in [0.25, 0.3) is 0 Å². The number of nitrogens with one attached hydrogen (secondary N) is 1. The molecular weight excluding hydrogens is 322 g/mol. The second kappa shape index (κ2) is 7.58. The van der Waals surface area contributed by atoms with Crippen molar-refractivity contribution in [2.24, 2.45) is 0 Å². The van der Waals surface area contributed by atoms with Crippen molar-refractivity contribution in [1.29, 1.82) is 0 Å². The van der Waals surface area contributed by atoms with Gasteiger partial charge in [0.1, 0.15) is 0 Å². The van der Waals surface area contributed by atoms with Crippen molar-refractivity contribution < 1.29 is 9.21 Å². The lowest BCUT2D eigenvalue weighted by Gasteiger charge is -2.32. The van der Waals surface area contributed by atoms with Crippen LogP contribution in [0.5, 0.6) is 0 Å². The van der Waals surface area contributed by atoms with Crippen LogP contribution in [0, 0.1) is 0 Å². The fourth-order valence-corrected chi connectivity index (χ4v) is 3.05. The number of hydrogen-bond donors (Lipinski definition) is 1. The Kier molecular flexibility index (Phi) is 5.25. The van der Waals surface area contributed by atoms with E-state index in [1.807, 2.05) is 24.8 Å². The first-order valence-electron chi connectivity index (χ1n) is 8.68. The molecule has 8 heteroatoms. The van der Waals surface area contributed by atoms with Crippen molar-refractivity contribution >= 4 is 5.91 Å². The van der Waals surface area contributed by atoms with Crippen molar-refractivity contribution in [2.75, 3.05) is 13.1 Å². The van der Waals surface area contributed by atoms with Gasteiger partial charge in [0.15, 0.2) is 0 Å². The maximum Gasteiger partial charge on any atom is 0.345 e. The van der Waals surface area contributed by atoms with E-state index in [9.17, 15) is 9.59 Å². The Morgan fingerprint density at radius 1 is 1.44 bits per heavy atom. The number of amides is 1. The van der Waals surface area contributed by atoms with Gasteiger partial charge < -0.3 is 14.3 Å². The number of piperidine rings is 1. The van der Waals surface area contributed by atoms with Gasteiger partial charge in [-0.1, -0.05) is 13.8 Å². The molecule has 1 fully saturated rings. The highest BCUT2D eigenvalue weighted by Gasteiger charge is 2.25. The van der Waals surface area contributed by atoms with Gasteiger partial charge in [0.05, 0.1) is 0 Å². The van der Waals surface area contributed by atoms with Gasteiger partial charge in [-0.15, -0.1) is 10.2 Å². The molecule has 1 atom stereocenters. The van der Waals surface area contributed by atoms with E-state index in [-0.39, 0.29) is 23.4 Å². The largest absolute Gasteiger partial charge is 0.425 e. The standard InChI is InChI=1S/C17H23N5O3/c1-11(2)16-21-20-14(25-16)5-6-15(23)22-9-3-4-12(10-22)13-7-8-18-17(24)19-13/h7-8,11-12H,3-6,9-10H2,1-2H3,(H,18,19,24). The molecule has 25 heavy (non-hydrogen) atoms. The van der Waals surface area contributed by atoms with Crippen LogP contribution in [0.2, 0.25) is 0 Å². The smallest absolute Gasteiger partial charge is 0.345 e. The molecule has 1 N–H and O–H groups in total. The number of carbonyl (C=O) groups is 1. The third kappa shape index (κ3) is 4.32. The zero-order valence-electron chi connectivity index (χ0n) is 14.6. The summed E-state index contributed by atoms with van der Waals surface area (Å²) in [4.78, 5) is 32.2. The molecule has 0 saturated carbocycles. The summed E-state index contributed by atoms with van der Waals surface area (Å²) in [6.07, 6.45) is 4.17. The summed E-state index contributed by atoms with van der Waals surface area (Å²) in [6.45, 7) is 5.32. The van der Waals surface area contributed by atoms with Crippen molar-refractivity contribution in [3.8, 4) is 0 Å². The molecule has 0 radical (unpaired) electrons. The second-order valence-corrected chi connectivity index (χ2v) is 6.70. The van der Waals surface area contributed by atoms with Crippen LogP contribution in [0.4, 0.5) is 0 Å². The van der Waals surface area contributed by atoms with Crippen molar-refractivity contribution in [3.05, 3.63) is 40.2 Å². The molecule has 3 heterocycles. The van der Waals surface area contributed by atoms with Crippen LogP contribution in [0.15, 0.2) is 21.5 Å². The average Bonchev–Trinajstić information content (AvgIpc) is 3.09. The van der Waals surface area contributed by atoms with Gasteiger partial charge in [-0.05, 0) is 18.9 Å². The molecule has 3 rings (SSSR count). The normalized spacial score (nSPS) is 17.9. The van der Waals surface area contributed by atoms with Crippen LogP contribution in [-0.4, -0.2) is 44.1 Å². The SMILES string of the molecule is CC(C)c1nnc(CCC(=O)N2CCCC(c3ccnc(=O)[nH]3)C2)o1. The Labute approximate surface area is 145 Å². The monoisotopic (exact) mass is 345 g/mol. The number of carbonyl (C=O) groups excluding carboxylic acids is 1. The van der Waals surface area contributed by atoms with Crippen LogP contribution >= 0.6 is 0 Å². The Morgan fingerprint density at radius 2 is 2.28 bits per heavy atom. The van der Waals surface area contributed by atoms with Crippen molar-refractivity contribution in [1.82, 2.24) is 25.1 Å². The molecule has 0 aliphatic carbocycles. The molecule has 8 nitrogen and oxygen atoms in total. The number of aromatic amines is 1. The summed E-state index contributed by atoms with van der Waals surface area (Å²) in [5.74, 6) is 1.50. The number of likely N-dealkylation sites (tertiary alicyclic amines) is 1. The van der Waals surface area contributed by atoms with E-state index in [0.717, 1.165) is 25.1 Å². The number of rotatable bonds is 5. The minimum absolute atomic E-state index is 0.0744. The molecule has 1 aliphatic rings. The minimum atomic E-state index is -0.349. The van der Waals surface area contributed by atoms with Crippen LogP contribution in [-0.2, 0) is 11.2 Å². The third-order valence-electron chi connectivity index (χ3n) is 4.44. The highest BCUT2D eigenvalue weighted by atomic mass is 16.4. The third-order valence-corrected chi connectivity index (χ3v) is 4.44. The summed E-state index contributed by atoms with van der Waals surface area (Å²) in [6, 6.07) is 1.81. The van der Waals surface area contributed by atoms with Gasteiger partial charge in [-0.25, -0.2) is 9.78 Å². The second-order valence-electron chi connectivity index (χ2n) is 6.70. The molecule has 0 bridgehead atoms. The number of H-pyrrole nitrogens is 1. The van der Waals surface area contributed by atoms with Crippen LogP contribution < -0.4 is 5.69 Å². The van der Waals surface area contributed by atoms with Gasteiger partial charge in [0.25, 0.3) is 0 Å². The molecular formula is C17H23N5O3. The summed E-state index contributed by atoms with van der Waals surface area (Å²) in [7, 11) is 0. The van der Waals surface area contributed by atoms with E-state index in [1.165, 1.54) is 6.20 Å². The number of nitrogens with zero attached hydrogens (tertiary/aromatic N) is 4. The fraction of sp³-hybridized carbons (Fsp3) is 0.588. The molecule has 1 aliphatic heterocycles. The quantitative estimate of drug-likeness (QED) is 0.883. The van der Waals surface area contributed by atoms with Gasteiger partial charge >= 0.3 is 5.69 Å². The predicted molar refractivity (Wildman–Crippen MR) is 90.1 cm³/mol. The fourth-order valence-electron chi connectivity index (χ4n) is 3.05. The number of aryl methyl sites for hydroxylation is 1. The van der Waals surface area contributed by atoms with E-state index in [1.54, 1.807) is 0 Å². The molecule has 0 spiro atoms. The van der Waals surface area contributed by atoms with Gasteiger partial charge in [-0.2, -0.15) is 0 Å². The molecule has 2 aromatic heterocycles. The van der Waals surface area contributed by atoms with E-state index >= 15 is 0 Å². The highest BCUT2D eigenvalue weighted by Crippen LogP contribution is 2.25. The predicted octanol–water partition coefficient (Wildman–Crippen LogP) is 1.62. The molecule has 134 valence electrons. The summed E-state index contributed by atoms with van der Waals surface area (Å²) in [5, 5.41) is 7.98. The molecule has 1 saturated heterocycles. The Bertz CT molecular complexity index is 782. The van der Waals surface area contributed by atoms with Crippen LogP contribution in [0.3, 0.4) is 0 Å². The maximum absolute atomic E-state index is 12.5. The molecule has 0 aromatic carbocycles. The lowest BCUT2D eigenvalue weighted by atomic mass is 9.94. The van der Waals surface area contributed by atoms with E-state index in [2.05, 4.69) is 20.2 Å². The summed E-state index contributed by atoms with van der Waals surface area (Å²) in [5.41, 5.74) is 0.495. The zero-order valence-corrected chi connectivity index (χ0v) is 14.6. The average molecular weight is 345 g/mol.